The van der Waals surface area contributed by atoms with Gasteiger partial charge in [-0.3, -0.25) is 19.2 Å². The summed E-state index contributed by atoms with van der Waals surface area (Å²) in [5.41, 5.74) is 1.76. The number of benzene rings is 2. The Balaban J connectivity index is 2.15. The van der Waals surface area contributed by atoms with Crippen molar-refractivity contribution in [3.8, 4) is 0 Å². The maximum atomic E-state index is 12.7. The summed E-state index contributed by atoms with van der Waals surface area (Å²) in [5.74, 6) is -0.509. The van der Waals surface area contributed by atoms with Crippen molar-refractivity contribution in [1.82, 2.24) is 5.32 Å². The maximum Gasteiger partial charge on any atom is 0.271 e. The first kappa shape index (κ1) is 24.1. The molecule has 9 nitrogen and oxygen atoms in total. The van der Waals surface area contributed by atoms with Crippen LogP contribution in [0, 0.1) is 10.1 Å². The van der Waals surface area contributed by atoms with E-state index in [0.29, 0.717) is 0 Å². The minimum Gasteiger partial charge on any atom is -0.372 e. The predicted molar refractivity (Wildman–Crippen MR) is 122 cm³/mol. The maximum absolute atomic E-state index is 12.7. The topological polar surface area (TPSA) is 113 Å². The molecule has 0 aliphatic carbocycles. The van der Waals surface area contributed by atoms with Gasteiger partial charge in [0.15, 0.2) is 0 Å². The Hall–Kier alpha value is -3.14. The Morgan fingerprint density at radius 2 is 1.71 bits per heavy atom. The molecule has 1 atom stereocenters. The van der Waals surface area contributed by atoms with Gasteiger partial charge in [-0.2, -0.15) is 0 Å². The lowest BCUT2D eigenvalue weighted by Crippen LogP contribution is -2.47. The van der Waals surface area contributed by atoms with E-state index in [1.807, 2.05) is 24.3 Å². The van der Waals surface area contributed by atoms with E-state index in [-0.39, 0.29) is 17.9 Å². The van der Waals surface area contributed by atoms with Gasteiger partial charge in [0.2, 0.25) is 15.9 Å². The molecular formula is C21H28N4O5S. The zero-order valence-corrected chi connectivity index (χ0v) is 18.9. The average molecular weight is 449 g/mol. The quantitative estimate of drug-likeness (QED) is 0.442. The van der Waals surface area contributed by atoms with Gasteiger partial charge in [0, 0.05) is 37.5 Å². The largest absolute Gasteiger partial charge is 0.372 e. The highest BCUT2D eigenvalue weighted by atomic mass is 32.2. The molecule has 1 amide bonds. The number of carbonyl (C=O) groups excluding carboxylic acids is 1. The van der Waals surface area contributed by atoms with Crippen molar-refractivity contribution in [3.05, 3.63) is 64.2 Å². The summed E-state index contributed by atoms with van der Waals surface area (Å²) in [6.45, 7) is 7.61. The normalized spacial score (nSPS) is 12.1. The second-order valence-corrected chi connectivity index (χ2v) is 8.93. The van der Waals surface area contributed by atoms with Crippen molar-refractivity contribution in [2.45, 2.75) is 33.4 Å². The lowest BCUT2D eigenvalue weighted by molar-refractivity contribution is -0.384. The van der Waals surface area contributed by atoms with Crippen LogP contribution >= 0.6 is 0 Å². The number of nitrogens with one attached hydrogen (secondary N) is 1. The van der Waals surface area contributed by atoms with Crippen LogP contribution in [-0.4, -0.2) is 44.6 Å². The van der Waals surface area contributed by atoms with Gasteiger partial charge in [0.1, 0.15) is 6.04 Å². The van der Waals surface area contributed by atoms with E-state index in [0.717, 1.165) is 41.0 Å². The zero-order valence-electron chi connectivity index (χ0n) is 18.1. The van der Waals surface area contributed by atoms with Gasteiger partial charge in [0.25, 0.3) is 5.69 Å². The van der Waals surface area contributed by atoms with Gasteiger partial charge < -0.3 is 10.2 Å². The number of anilines is 2. The number of amides is 1. The Labute approximate surface area is 182 Å². The van der Waals surface area contributed by atoms with E-state index in [1.165, 1.54) is 25.1 Å². The van der Waals surface area contributed by atoms with E-state index in [9.17, 15) is 23.3 Å². The van der Waals surface area contributed by atoms with Crippen molar-refractivity contribution in [1.29, 1.82) is 0 Å². The lowest BCUT2D eigenvalue weighted by atomic mass is 10.2. The minimum atomic E-state index is -3.86. The summed E-state index contributed by atoms with van der Waals surface area (Å²) in [6, 6.07) is 11.9. The first-order valence-corrected chi connectivity index (χ1v) is 11.8. The van der Waals surface area contributed by atoms with Crippen molar-refractivity contribution in [3.63, 3.8) is 0 Å². The highest BCUT2D eigenvalue weighted by molar-refractivity contribution is 7.92. The second-order valence-electron chi connectivity index (χ2n) is 7.07. The number of carbonyl (C=O) groups is 1. The smallest absolute Gasteiger partial charge is 0.271 e. The van der Waals surface area contributed by atoms with Crippen LogP contribution in [0.2, 0.25) is 0 Å². The van der Waals surface area contributed by atoms with E-state index < -0.39 is 26.9 Å². The fourth-order valence-corrected chi connectivity index (χ4v) is 4.47. The molecule has 0 saturated carbocycles. The van der Waals surface area contributed by atoms with E-state index >= 15 is 0 Å². The van der Waals surface area contributed by atoms with Crippen LogP contribution in [-0.2, 0) is 21.4 Å². The molecule has 1 N–H and O–H groups in total. The van der Waals surface area contributed by atoms with Crippen LogP contribution in [0.1, 0.15) is 26.3 Å². The fraction of sp³-hybridized carbons (Fsp3) is 0.381. The Kier molecular flexibility index (Phi) is 7.98. The van der Waals surface area contributed by atoms with Crippen LogP contribution in [0.3, 0.4) is 0 Å². The summed E-state index contributed by atoms with van der Waals surface area (Å²) in [4.78, 5) is 25.3. The molecule has 0 aliphatic heterocycles. The first-order chi connectivity index (χ1) is 14.6. The molecule has 2 aromatic rings. The molecule has 0 unspecified atom stereocenters. The zero-order chi connectivity index (χ0) is 23.2. The second kappa shape index (κ2) is 10.3. The number of hydrogen-bond acceptors (Lipinski definition) is 6. The third-order valence-electron chi connectivity index (χ3n) is 4.92. The molecular weight excluding hydrogens is 420 g/mol. The number of nitro benzene ring substituents is 1. The van der Waals surface area contributed by atoms with Crippen LogP contribution in [0.5, 0.6) is 0 Å². The van der Waals surface area contributed by atoms with Crippen LogP contribution < -0.4 is 14.5 Å². The predicted octanol–water partition coefficient (Wildman–Crippen LogP) is 2.91. The van der Waals surface area contributed by atoms with Crippen LogP contribution in [0.15, 0.2) is 48.5 Å². The number of rotatable bonds is 10. The van der Waals surface area contributed by atoms with Crippen molar-refractivity contribution in [2.24, 2.45) is 0 Å². The molecule has 0 spiro atoms. The molecule has 0 aliphatic rings. The Morgan fingerprint density at radius 3 is 2.23 bits per heavy atom. The number of non-ortho nitro benzene ring substituents is 1. The van der Waals surface area contributed by atoms with E-state index in [2.05, 4.69) is 24.1 Å². The minimum absolute atomic E-state index is 0.0583. The number of nitrogens with zero attached hydrogens (tertiary/aromatic N) is 3. The molecule has 0 saturated heterocycles. The van der Waals surface area contributed by atoms with Gasteiger partial charge in [0.05, 0.1) is 16.9 Å². The van der Waals surface area contributed by atoms with Gasteiger partial charge in [-0.25, -0.2) is 8.42 Å². The summed E-state index contributed by atoms with van der Waals surface area (Å²) in [5, 5.41) is 13.8. The molecule has 0 radical (unpaired) electrons. The number of nitro groups is 1. The molecule has 31 heavy (non-hydrogen) atoms. The average Bonchev–Trinajstić information content (AvgIpc) is 2.73. The molecule has 0 bridgehead atoms. The molecule has 0 heterocycles. The fourth-order valence-electron chi connectivity index (χ4n) is 3.30. The molecule has 0 fully saturated rings. The van der Waals surface area contributed by atoms with Crippen molar-refractivity contribution < 1.29 is 18.1 Å². The SMILES string of the molecule is CCN(CC)c1ccc(CNC(=O)[C@@H](C)N(c2cccc([N+](=O)[O-])c2)S(C)(=O)=O)cc1. The summed E-state index contributed by atoms with van der Waals surface area (Å²) < 4.78 is 25.6. The summed E-state index contributed by atoms with van der Waals surface area (Å²) in [7, 11) is -3.86. The molecule has 2 aromatic carbocycles. The van der Waals surface area contributed by atoms with E-state index in [4.69, 9.17) is 0 Å². The van der Waals surface area contributed by atoms with Gasteiger partial charge in [-0.1, -0.05) is 18.2 Å². The highest BCUT2D eigenvalue weighted by Gasteiger charge is 2.30. The third-order valence-corrected chi connectivity index (χ3v) is 6.16. The molecule has 10 heteroatoms. The molecule has 2 rings (SSSR count). The van der Waals surface area contributed by atoms with Gasteiger partial charge >= 0.3 is 0 Å². The van der Waals surface area contributed by atoms with Gasteiger partial charge in [-0.05, 0) is 44.5 Å². The Morgan fingerprint density at radius 1 is 1.10 bits per heavy atom. The van der Waals surface area contributed by atoms with Crippen molar-refractivity contribution in [2.75, 3.05) is 28.6 Å². The molecule has 168 valence electrons. The summed E-state index contributed by atoms with van der Waals surface area (Å²) >= 11 is 0. The van der Waals surface area contributed by atoms with E-state index in [1.54, 1.807) is 0 Å². The number of hydrogen-bond donors (Lipinski definition) is 1. The highest BCUT2D eigenvalue weighted by Crippen LogP contribution is 2.25. The third kappa shape index (κ3) is 6.17. The first-order valence-electron chi connectivity index (χ1n) is 9.93. The standard InChI is InChI=1S/C21H28N4O5S/c1-5-23(6-2)18-12-10-17(11-13-18)15-22-21(26)16(3)24(31(4,29)30)19-8-7-9-20(14-19)25(27)28/h7-14,16H,5-6,15H2,1-4H3,(H,22,26)/t16-/m1/s1. The summed E-state index contributed by atoms with van der Waals surface area (Å²) in [6.07, 6.45) is 0.960. The monoisotopic (exact) mass is 448 g/mol. The van der Waals surface area contributed by atoms with Crippen molar-refractivity contribution >= 4 is 33.0 Å². The van der Waals surface area contributed by atoms with Crippen LogP contribution in [0.25, 0.3) is 0 Å². The molecule has 0 aromatic heterocycles. The Bertz CT molecular complexity index is 1020. The van der Waals surface area contributed by atoms with Crippen LogP contribution in [0.4, 0.5) is 17.1 Å². The lowest BCUT2D eigenvalue weighted by Gasteiger charge is -2.28. The number of sulfonamides is 1. The van der Waals surface area contributed by atoms with Gasteiger partial charge in [-0.15, -0.1) is 0 Å².